The van der Waals surface area contributed by atoms with Crippen molar-refractivity contribution in [1.82, 2.24) is 15.0 Å². The van der Waals surface area contributed by atoms with Gasteiger partial charge in [-0.3, -0.25) is 15.0 Å². The first kappa shape index (κ1) is 78.7. The van der Waals surface area contributed by atoms with Crippen LogP contribution in [0.3, 0.4) is 0 Å². The lowest BCUT2D eigenvalue weighted by Gasteiger charge is -2.20. The summed E-state index contributed by atoms with van der Waals surface area (Å²) in [6.45, 7) is 6.46. The zero-order valence-corrected chi connectivity index (χ0v) is 74.7. The Labute approximate surface area is 783 Å². The van der Waals surface area contributed by atoms with Crippen molar-refractivity contribution in [3.05, 3.63) is 478 Å². The van der Waals surface area contributed by atoms with Gasteiger partial charge in [0.25, 0.3) is 0 Å². The van der Waals surface area contributed by atoms with Crippen LogP contribution in [0, 0.1) is 20.8 Å². The fourth-order valence-electron chi connectivity index (χ4n) is 22.9. The minimum atomic E-state index is 1.02. The monoisotopic (exact) mass is 1710 g/mol. The van der Waals surface area contributed by atoms with Gasteiger partial charge in [-0.1, -0.05) is 413 Å². The van der Waals surface area contributed by atoms with Gasteiger partial charge in [0.05, 0.1) is 17.1 Å². The zero-order valence-electron chi connectivity index (χ0n) is 74.7. The SMILES string of the molecule is Cc1nc(-c2cc3c4c(cccc4c2)-c2c-3c(-c3ccccc3)c3ccccc3c2-c2ccccc2)c2ccccc2c1-c1ccccc1.Cc1nc(-c2cc3c4c(cccc4c2)-c2c-3c(-c3ccccc3)c3ccccc3c2-c2ccccc2)c2ccccc2c1C.c1ccc(-c2c3c(c(-c4ccccc4)c4ccccc24)-c2cc(-c4nccc5ccccc45)cc4cccc-3c24)cc1. The van der Waals surface area contributed by atoms with Gasteiger partial charge < -0.3 is 0 Å². The van der Waals surface area contributed by atoms with Crippen LogP contribution in [0.2, 0.25) is 0 Å². The van der Waals surface area contributed by atoms with E-state index in [9.17, 15) is 0 Å². The molecule has 628 valence electrons. The van der Waals surface area contributed by atoms with Crippen molar-refractivity contribution in [3.63, 3.8) is 0 Å². The molecule has 28 rings (SSSR count). The van der Waals surface area contributed by atoms with Crippen molar-refractivity contribution in [1.29, 1.82) is 0 Å². The fourth-order valence-corrected chi connectivity index (χ4v) is 22.9. The lowest BCUT2D eigenvalue weighted by molar-refractivity contribution is 1.18. The third-order valence-electron chi connectivity index (χ3n) is 28.6. The molecule has 0 saturated heterocycles. The summed E-state index contributed by atoms with van der Waals surface area (Å²) in [4.78, 5) is 15.5. The topological polar surface area (TPSA) is 38.7 Å². The standard InChI is InChI=1S/C48H31N.C43H29N.C41H25N/c1-30-42(31-16-5-2-6-17-31)38-25-13-14-26-39(38)48(49-30)35-28-34-22-15-27-40-43(34)41(29-35)47-45(33-20-9-4-10-21-33)37-24-12-11-23-36(37)44(46(40)47)32-18-7-3-8-19-32;1-26-27(2)44-43(35-22-12-9-19-32(26)35)31-24-30-18-13-23-36-38(30)37(25-31)42-40(29-16-7-4-8-17-29)34-21-11-10-20-33(34)39(41(36)42)28-14-5-3-6-15-28;1-3-13-27(14-4-1)37-32-19-9-10-20-33(32)38(28-15-5-2-6-16-28)40-35-25-30(24-29-17-11-21-34(36(29)35)39(37)40)41-31-18-8-7-12-26(31)22-23-42-41/h2-29H,1H3;3-25H,1-2H3;1-25H. The van der Waals surface area contributed by atoms with E-state index < -0.39 is 0 Å². The Morgan fingerprint density at radius 1 is 0.148 bits per heavy atom. The van der Waals surface area contributed by atoms with Gasteiger partial charge in [-0.15, -0.1) is 0 Å². The Bertz CT molecular complexity index is 9200. The molecule has 3 heteroatoms. The summed E-state index contributed by atoms with van der Waals surface area (Å²) in [6.07, 6.45) is 1.93. The molecular weight excluding hydrogens is 1630 g/mol. The molecule has 0 fully saturated rings. The van der Waals surface area contributed by atoms with Crippen molar-refractivity contribution in [3.8, 4) is 178 Å². The highest BCUT2D eigenvalue weighted by atomic mass is 14.7. The first-order chi connectivity index (χ1) is 66.8. The molecule has 3 aliphatic carbocycles. The van der Waals surface area contributed by atoms with E-state index in [1.165, 1.54) is 247 Å². The second-order valence-corrected chi connectivity index (χ2v) is 36.0. The molecule has 3 heterocycles. The molecule has 3 aromatic heterocycles. The minimum absolute atomic E-state index is 1.02. The third kappa shape index (κ3) is 12.6. The van der Waals surface area contributed by atoms with E-state index in [2.05, 4.69) is 476 Å². The number of nitrogens with zero attached hydrogens (tertiary/aromatic N) is 3. The van der Waals surface area contributed by atoms with E-state index in [0.29, 0.717) is 0 Å². The van der Waals surface area contributed by atoms with Gasteiger partial charge >= 0.3 is 0 Å². The minimum Gasteiger partial charge on any atom is -0.256 e. The van der Waals surface area contributed by atoms with E-state index in [-0.39, 0.29) is 0 Å². The molecular formula is C132H85N3. The Hall–Kier alpha value is -17.4. The second-order valence-electron chi connectivity index (χ2n) is 36.0. The van der Waals surface area contributed by atoms with Crippen molar-refractivity contribution in [2.24, 2.45) is 0 Å². The van der Waals surface area contributed by atoms with Gasteiger partial charge in [0, 0.05) is 56.0 Å². The third-order valence-corrected chi connectivity index (χ3v) is 28.6. The smallest absolute Gasteiger partial charge is 0.0784 e. The lowest BCUT2D eigenvalue weighted by atomic mass is 9.82. The van der Waals surface area contributed by atoms with Crippen LogP contribution >= 0.6 is 0 Å². The quantitative estimate of drug-likeness (QED) is 0.137. The van der Waals surface area contributed by atoms with Crippen LogP contribution in [0.4, 0.5) is 0 Å². The number of hydrogen-bond acceptors (Lipinski definition) is 3. The molecule has 0 N–H and O–H groups in total. The van der Waals surface area contributed by atoms with E-state index in [0.717, 1.165) is 45.2 Å². The average Bonchev–Trinajstić information content (AvgIpc) is 1.56. The van der Waals surface area contributed by atoms with Crippen LogP contribution in [0.5, 0.6) is 0 Å². The largest absolute Gasteiger partial charge is 0.256 e. The molecule has 0 aliphatic heterocycles. The van der Waals surface area contributed by atoms with Crippen LogP contribution in [0.25, 0.3) is 275 Å². The summed E-state index contributed by atoms with van der Waals surface area (Å²) in [7, 11) is 0. The Kier molecular flexibility index (Phi) is 18.7. The molecule has 135 heavy (non-hydrogen) atoms. The summed E-state index contributed by atoms with van der Waals surface area (Å²) >= 11 is 0. The summed E-state index contributed by atoms with van der Waals surface area (Å²) in [6, 6.07) is 166. The van der Waals surface area contributed by atoms with Crippen LogP contribution in [0.1, 0.15) is 17.0 Å². The molecule has 0 bridgehead atoms. The predicted molar refractivity (Wildman–Crippen MR) is 572 cm³/mol. The van der Waals surface area contributed by atoms with Gasteiger partial charge in [-0.05, 0) is 289 Å². The fraction of sp³-hybridized carbons (Fsp3) is 0.0227. The average molecular weight is 1710 g/mol. The molecule has 0 unspecified atom stereocenters. The molecule has 3 nitrogen and oxygen atoms in total. The van der Waals surface area contributed by atoms with E-state index in [1.54, 1.807) is 0 Å². The van der Waals surface area contributed by atoms with Crippen LogP contribution in [-0.4, -0.2) is 15.0 Å². The van der Waals surface area contributed by atoms with Crippen molar-refractivity contribution in [2.45, 2.75) is 20.8 Å². The molecule has 25 aromatic rings. The number of aromatic nitrogens is 3. The Morgan fingerprint density at radius 2 is 0.385 bits per heavy atom. The van der Waals surface area contributed by atoms with Gasteiger partial charge in [-0.2, -0.15) is 0 Å². The number of pyridine rings is 3. The summed E-state index contributed by atoms with van der Waals surface area (Å²) in [5, 5.41) is 22.6. The predicted octanol–water partition coefficient (Wildman–Crippen LogP) is 36.2. The molecule has 3 aliphatic rings. The maximum atomic E-state index is 5.40. The normalized spacial score (nSPS) is 11.8. The zero-order chi connectivity index (χ0) is 89.5. The van der Waals surface area contributed by atoms with Gasteiger partial charge in [0.1, 0.15) is 0 Å². The number of fused-ring (bicyclic) bond motifs is 15. The number of benzene rings is 22. The highest BCUT2D eigenvalue weighted by Crippen LogP contribution is 2.63. The van der Waals surface area contributed by atoms with Crippen LogP contribution in [-0.2, 0) is 0 Å². The van der Waals surface area contributed by atoms with E-state index in [1.807, 2.05) is 6.20 Å². The lowest BCUT2D eigenvalue weighted by Crippen LogP contribution is -1.96. The maximum Gasteiger partial charge on any atom is 0.0784 e. The summed E-state index contributed by atoms with van der Waals surface area (Å²) in [5.74, 6) is 0. The van der Waals surface area contributed by atoms with E-state index in [4.69, 9.17) is 15.0 Å². The molecule has 0 atom stereocenters. The molecule has 0 amide bonds. The second kappa shape index (κ2) is 32.0. The van der Waals surface area contributed by atoms with Crippen molar-refractivity contribution in [2.75, 3.05) is 0 Å². The summed E-state index contributed by atoms with van der Waals surface area (Å²) in [5.41, 5.74) is 43.1. The van der Waals surface area contributed by atoms with Gasteiger partial charge in [-0.25, -0.2) is 0 Å². The van der Waals surface area contributed by atoms with Crippen molar-refractivity contribution < 1.29 is 0 Å². The number of aryl methyl sites for hydroxylation is 3. The number of hydrogen-bond donors (Lipinski definition) is 0. The Morgan fingerprint density at radius 3 is 0.711 bits per heavy atom. The molecule has 0 saturated carbocycles. The highest BCUT2D eigenvalue weighted by Gasteiger charge is 2.36. The van der Waals surface area contributed by atoms with Gasteiger partial charge in [0.2, 0.25) is 0 Å². The van der Waals surface area contributed by atoms with Crippen LogP contribution in [0.15, 0.2) is 461 Å². The summed E-state index contributed by atoms with van der Waals surface area (Å²) < 4.78 is 0. The van der Waals surface area contributed by atoms with E-state index >= 15 is 0 Å². The maximum absolute atomic E-state index is 5.40. The van der Waals surface area contributed by atoms with Crippen molar-refractivity contribution >= 4 is 97.0 Å². The first-order valence-corrected chi connectivity index (χ1v) is 46.8. The number of rotatable bonds is 10. The first-order valence-electron chi connectivity index (χ1n) is 46.8. The molecule has 0 radical (unpaired) electrons. The highest BCUT2D eigenvalue weighted by molar-refractivity contribution is 6.32. The molecule has 22 aromatic carbocycles. The molecule has 0 spiro atoms. The Balaban J connectivity index is 0.000000106. The van der Waals surface area contributed by atoms with Crippen LogP contribution < -0.4 is 0 Å². The van der Waals surface area contributed by atoms with Gasteiger partial charge in [0.15, 0.2) is 0 Å².